The van der Waals surface area contributed by atoms with E-state index in [4.69, 9.17) is 11.0 Å². The lowest BCUT2D eigenvalue weighted by Crippen LogP contribution is -2.45. The summed E-state index contributed by atoms with van der Waals surface area (Å²) >= 11 is 0. The second-order valence-corrected chi connectivity index (χ2v) is 4.38. The van der Waals surface area contributed by atoms with Crippen LogP contribution in [0.5, 0.6) is 0 Å². The molecule has 2 N–H and O–H groups in total. The van der Waals surface area contributed by atoms with Crippen molar-refractivity contribution in [3.8, 4) is 6.07 Å². The van der Waals surface area contributed by atoms with Crippen LogP contribution in [0.25, 0.3) is 0 Å². The quantitative estimate of drug-likeness (QED) is 0.750. The largest absolute Gasteiger partial charge is 0.330 e. The molecule has 0 aromatic rings. The van der Waals surface area contributed by atoms with E-state index in [2.05, 4.69) is 17.9 Å². The molecule has 3 heteroatoms. The van der Waals surface area contributed by atoms with Crippen molar-refractivity contribution in [2.45, 2.75) is 45.1 Å². The monoisotopic (exact) mass is 209 g/mol. The van der Waals surface area contributed by atoms with Crippen molar-refractivity contribution in [3.05, 3.63) is 0 Å². The minimum absolute atomic E-state index is 0.627. The van der Waals surface area contributed by atoms with Gasteiger partial charge in [0.15, 0.2) is 0 Å². The van der Waals surface area contributed by atoms with Crippen LogP contribution in [0.2, 0.25) is 0 Å². The van der Waals surface area contributed by atoms with Gasteiger partial charge >= 0.3 is 0 Å². The molecule has 1 rings (SSSR count). The van der Waals surface area contributed by atoms with Gasteiger partial charge in [-0.3, -0.25) is 4.90 Å². The van der Waals surface area contributed by atoms with Gasteiger partial charge in [0.2, 0.25) is 0 Å². The Morgan fingerprint density at radius 2 is 2.13 bits per heavy atom. The Morgan fingerprint density at radius 3 is 2.73 bits per heavy atom. The summed E-state index contributed by atoms with van der Waals surface area (Å²) in [6.07, 6.45) is 5.82. The number of hydrogen-bond donors (Lipinski definition) is 1. The van der Waals surface area contributed by atoms with Crippen LogP contribution in [0.1, 0.15) is 39.0 Å². The van der Waals surface area contributed by atoms with E-state index in [-0.39, 0.29) is 0 Å². The molecule has 2 atom stereocenters. The molecule has 0 bridgehead atoms. The Balaban J connectivity index is 2.51. The third kappa shape index (κ3) is 3.48. The molecule has 0 radical (unpaired) electrons. The minimum atomic E-state index is 0.627. The molecule has 1 saturated carbocycles. The molecular formula is C12H23N3. The smallest absolute Gasteiger partial charge is 0.0635 e. The lowest BCUT2D eigenvalue weighted by Gasteiger charge is -2.38. The summed E-state index contributed by atoms with van der Waals surface area (Å²) in [5.74, 6) is 0.650. The molecule has 3 nitrogen and oxygen atoms in total. The molecular weight excluding hydrogens is 186 g/mol. The van der Waals surface area contributed by atoms with Gasteiger partial charge in [-0.15, -0.1) is 0 Å². The molecule has 1 aliphatic carbocycles. The maximum atomic E-state index is 8.63. The summed E-state index contributed by atoms with van der Waals surface area (Å²) in [4.78, 5) is 2.44. The second kappa shape index (κ2) is 6.81. The predicted octanol–water partition coefficient (Wildman–Crippen LogP) is 1.74. The Kier molecular flexibility index (Phi) is 5.67. The van der Waals surface area contributed by atoms with Crippen LogP contribution in [-0.2, 0) is 0 Å². The van der Waals surface area contributed by atoms with E-state index >= 15 is 0 Å². The highest BCUT2D eigenvalue weighted by molar-refractivity contribution is 4.85. The van der Waals surface area contributed by atoms with E-state index in [1.807, 2.05) is 0 Å². The zero-order valence-electron chi connectivity index (χ0n) is 9.78. The third-order valence-corrected chi connectivity index (χ3v) is 3.56. The van der Waals surface area contributed by atoms with Crippen LogP contribution in [0.15, 0.2) is 0 Å². The fourth-order valence-electron chi connectivity index (χ4n) is 2.70. The van der Waals surface area contributed by atoms with E-state index in [9.17, 15) is 0 Å². The fourth-order valence-corrected chi connectivity index (χ4v) is 2.70. The first-order valence-electron chi connectivity index (χ1n) is 6.14. The maximum absolute atomic E-state index is 8.63. The third-order valence-electron chi connectivity index (χ3n) is 3.56. The number of nitrogens with zero attached hydrogens (tertiary/aromatic N) is 2. The average Bonchev–Trinajstić information content (AvgIpc) is 2.30. The summed E-state index contributed by atoms with van der Waals surface area (Å²) in [5.41, 5.74) is 5.82. The van der Waals surface area contributed by atoms with E-state index < -0.39 is 0 Å². The zero-order valence-corrected chi connectivity index (χ0v) is 9.78. The Bertz CT molecular complexity index is 209. The van der Waals surface area contributed by atoms with Crippen molar-refractivity contribution >= 4 is 0 Å². The SMILES string of the molecule is CCN(CCC#N)C1CCCCC1CN. The van der Waals surface area contributed by atoms with E-state index in [1.54, 1.807) is 0 Å². The molecule has 2 unspecified atom stereocenters. The first kappa shape index (κ1) is 12.5. The van der Waals surface area contributed by atoms with Crippen molar-refractivity contribution in [1.82, 2.24) is 4.90 Å². The minimum Gasteiger partial charge on any atom is -0.330 e. The van der Waals surface area contributed by atoms with Gasteiger partial charge in [-0.25, -0.2) is 0 Å². The number of hydrogen-bond acceptors (Lipinski definition) is 3. The first-order chi connectivity index (χ1) is 7.33. The van der Waals surface area contributed by atoms with E-state index in [1.165, 1.54) is 25.7 Å². The summed E-state index contributed by atoms with van der Waals surface area (Å²) in [6.45, 7) is 4.93. The molecule has 15 heavy (non-hydrogen) atoms. The van der Waals surface area contributed by atoms with E-state index in [0.29, 0.717) is 18.4 Å². The van der Waals surface area contributed by atoms with Crippen molar-refractivity contribution in [2.75, 3.05) is 19.6 Å². The Hall–Kier alpha value is -0.590. The van der Waals surface area contributed by atoms with Gasteiger partial charge in [-0.1, -0.05) is 19.8 Å². The highest BCUT2D eigenvalue weighted by Crippen LogP contribution is 2.27. The van der Waals surface area contributed by atoms with Crippen molar-refractivity contribution in [2.24, 2.45) is 11.7 Å². The average molecular weight is 209 g/mol. The normalized spacial score (nSPS) is 26.5. The molecule has 0 saturated heterocycles. The van der Waals surface area contributed by atoms with Crippen molar-refractivity contribution < 1.29 is 0 Å². The topological polar surface area (TPSA) is 53.0 Å². The molecule has 0 amide bonds. The summed E-state index contributed by atoms with van der Waals surface area (Å²) < 4.78 is 0. The molecule has 0 aromatic heterocycles. The summed E-state index contributed by atoms with van der Waals surface area (Å²) in [7, 11) is 0. The van der Waals surface area contributed by atoms with Crippen LogP contribution in [0.4, 0.5) is 0 Å². The lowest BCUT2D eigenvalue weighted by molar-refractivity contribution is 0.114. The molecule has 0 spiro atoms. The van der Waals surface area contributed by atoms with Crippen LogP contribution < -0.4 is 5.73 Å². The van der Waals surface area contributed by atoms with Crippen molar-refractivity contribution in [1.29, 1.82) is 5.26 Å². The second-order valence-electron chi connectivity index (χ2n) is 4.38. The molecule has 86 valence electrons. The van der Waals surface area contributed by atoms with E-state index in [0.717, 1.165) is 19.6 Å². The van der Waals surface area contributed by atoms with Crippen LogP contribution >= 0.6 is 0 Å². The number of nitriles is 1. The Labute approximate surface area is 93.2 Å². The van der Waals surface area contributed by atoms with Gasteiger partial charge in [-0.05, 0) is 31.8 Å². The Morgan fingerprint density at radius 1 is 1.40 bits per heavy atom. The first-order valence-corrected chi connectivity index (χ1v) is 6.14. The molecule has 0 aliphatic heterocycles. The van der Waals surface area contributed by atoms with Crippen LogP contribution in [0.3, 0.4) is 0 Å². The van der Waals surface area contributed by atoms with Crippen LogP contribution in [-0.4, -0.2) is 30.6 Å². The lowest BCUT2D eigenvalue weighted by atomic mass is 9.83. The van der Waals surface area contributed by atoms with Gasteiger partial charge < -0.3 is 5.73 Å². The molecule has 0 aromatic carbocycles. The van der Waals surface area contributed by atoms with Gasteiger partial charge in [0, 0.05) is 19.0 Å². The van der Waals surface area contributed by atoms with Gasteiger partial charge in [-0.2, -0.15) is 5.26 Å². The number of rotatable bonds is 5. The van der Waals surface area contributed by atoms with Gasteiger partial charge in [0.25, 0.3) is 0 Å². The molecule has 0 heterocycles. The van der Waals surface area contributed by atoms with Gasteiger partial charge in [0.1, 0.15) is 0 Å². The van der Waals surface area contributed by atoms with Crippen LogP contribution in [0, 0.1) is 17.2 Å². The molecule has 1 fully saturated rings. The maximum Gasteiger partial charge on any atom is 0.0635 e. The number of nitrogens with two attached hydrogens (primary N) is 1. The summed E-state index contributed by atoms with van der Waals surface area (Å²) in [5, 5.41) is 8.63. The summed E-state index contributed by atoms with van der Waals surface area (Å²) in [6, 6.07) is 2.86. The van der Waals surface area contributed by atoms with Crippen molar-refractivity contribution in [3.63, 3.8) is 0 Å². The zero-order chi connectivity index (χ0) is 11.1. The molecule has 1 aliphatic rings. The van der Waals surface area contributed by atoms with Gasteiger partial charge in [0.05, 0.1) is 6.07 Å². The standard InChI is InChI=1S/C12H23N3/c1-2-15(9-5-8-13)12-7-4-3-6-11(12)10-14/h11-12H,2-7,9-10,14H2,1H3. The highest BCUT2D eigenvalue weighted by atomic mass is 15.2. The predicted molar refractivity (Wildman–Crippen MR) is 62.3 cm³/mol. The highest BCUT2D eigenvalue weighted by Gasteiger charge is 2.27. The fraction of sp³-hybridized carbons (Fsp3) is 0.917.